The van der Waals surface area contributed by atoms with Crippen molar-refractivity contribution in [3.63, 3.8) is 0 Å². The lowest BCUT2D eigenvalue weighted by Crippen LogP contribution is -2.50. The number of nitrogens with one attached hydrogen (secondary N) is 1. The molecule has 2 rings (SSSR count). The van der Waals surface area contributed by atoms with Gasteiger partial charge in [0, 0.05) is 24.7 Å². The summed E-state index contributed by atoms with van der Waals surface area (Å²) in [5.41, 5.74) is 0. The van der Waals surface area contributed by atoms with E-state index in [0.717, 1.165) is 19.5 Å². The van der Waals surface area contributed by atoms with Gasteiger partial charge in [0.1, 0.15) is 0 Å². The van der Waals surface area contributed by atoms with Crippen molar-refractivity contribution < 1.29 is 4.79 Å². The molecule has 0 radical (unpaired) electrons. The molecule has 0 spiro atoms. The minimum absolute atomic E-state index is 0.320. The molecule has 4 heteroatoms. The van der Waals surface area contributed by atoms with Crippen LogP contribution in [0.25, 0.3) is 0 Å². The Balaban J connectivity index is 1.92. The maximum absolute atomic E-state index is 12.7. The van der Waals surface area contributed by atoms with E-state index < -0.39 is 0 Å². The monoisotopic (exact) mass is 281 g/mol. The second kappa shape index (κ2) is 7.41. The molecule has 1 heterocycles. The summed E-state index contributed by atoms with van der Waals surface area (Å²) in [4.78, 5) is 17.1. The molecule has 116 valence electrons. The summed E-state index contributed by atoms with van der Waals surface area (Å²) in [6.45, 7) is 6.99. The molecule has 0 bridgehead atoms. The summed E-state index contributed by atoms with van der Waals surface area (Å²) in [5, 5.41) is 3.38. The van der Waals surface area contributed by atoms with Crippen LogP contribution in [0.15, 0.2) is 0 Å². The second-order valence-electron chi connectivity index (χ2n) is 6.75. The Hall–Kier alpha value is -0.610. The number of rotatable bonds is 5. The normalized spacial score (nSPS) is 24.6. The molecule has 20 heavy (non-hydrogen) atoms. The van der Waals surface area contributed by atoms with Crippen molar-refractivity contribution in [3.8, 4) is 0 Å². The summed E-state index contributed by atoms with van der Waals surface area (Å²) in [6.07, 6.45) is 7.45. The van der Waals surface area contributed by atoms with E-state index in [0.29, 0.717) is 30.6 Å². The Morgan fingerprint density at radius 2 is 1.85 bits per heavy atom. The van der Waals surface area contributed by atoms with E-state index >= 15 is 0 Å². The van der Waals surface area contributed by atoms with E-state index in [1.807, 2.05) is 0 Å². The first-order valence-electron chi connectivity index (χ1n) is 8.31. The van der Waals surface area contributed by atoms with E-state index in [-0.39, 0.29) is 0 Å². The van der Waals surface area contributed by atoms with Crippen molar-refractivity contribution in [3.05, 3.63) is 0 Å². The standard InChI is InChI=1S/C16H31N3O/c1-13(2)19(14-7-5-4-6-8-14)16(20)12-18(3)15-9-10-17-11-15/h13-15,17H,4-12H2,1-3H3. The molecule has 2 fully saturated rings. The molecule has 0 aromatic rings. The quantitative estimate of drug-likeness (QED) is 0.835. The highest BCUT2D eigenvalue weighted by molar-refractivity contribution is 5.79. The molecule has 0 aromatic heterocycles. The lowest BCUT2D eigenvalue weighted by atomic mass is 9.93. The number of nitrogens with zero attached hydrogens (tertiary/aromatic N) is 2. The molecule has 1 amide bonds. The summed E-state index contributed by atoms with van der Waals surface area (Å²) in [6, 6.07) is 1.33. The van der Waals surface area contributed by atoms with Crippen molar-refractivity contribution in [1.29, 1.82) is 0 Å². The van der Waals surface area contributed by atoms with E-state index in [4.69, 9.17) is 0 Å². The van der Waals surface area contributed by atoms with Crippen molar-refractivity contribution in [2.75, 3.05) is 26.7 Å². The first-order valence-corrected chi connectivity index (χ1v) is 8.31. The zero-order chi connectivity index (χ0) is 14.5. The van der Waals surface area contributed by atoms with Gasteiger partial charge >= 0.3 is 0 Å². The van der Waals surface area contributed by atoms with Gasteiger partial charge in [-0.1, -0.05) is 19.3 Å². The van der Waals surface area contributed by atoms with Gasteiger partial charge in [-0.25, -0.2) is 0 Å². The fourth-order valence-electron chi connectivity index (χ4n) is 3.71. The smallest absolute Gasteiger partial charge is 0.237 e. The summed E-state index contributed by atoms with van der Waals surface area (Å²) in [5.74, 6) is 0.321. The Morgan fingerprint density at radius 3 is 2.40 bits per heavy atom. The molecule has 1 aliphatic carbocycles. The fourth-order valence-corrected chi connectivity index (χ4v) is 3.71. The SMILES string of the molecule is CC(C)N(C(=O)CN(C)C1CCNC1)C1CCCCC1. The summed E-state index contributed by atoms with van der Waals surface area (Å²) in [7, 11) is 2.09. The van der Waals surface area contributed by atoms with Gasteiger partial charge in [-0.3, -0.25) is 9.69 Å². The molecule has 1 N–H and O–H groups in total. The third-order valence-electron chi connectivity index (χ3n) is 4.85. The fraction of sp³-hybridized carbons (Fsp3) is 0.938. The van der Waals surface area contributed by atoms with Crippen LogP contribution in [-0.2, 0) is 4.79 Å². The van der Waals surface area contributed by atoms with Crippen LogP contribution in [0.2, 0.25) is 0 Å². The second-order valence-corrected chi connectivity index (χ2v) is 6.75. The molecule has 0 aromatic carbocycles. The van der Waals surface area contributed by atoms with Gasteiger partial charge in [0.15, 0.2) is 0 Å². The van der Waals surface area contributed by atoms with Crippen molar-refractivity contribution in [2.24, 2.45) is 0 Å². The summed E-state index contributed by atoms with van der Waals surface area (Å²) >= 11 is 0. The number of carbonyl (C=O) groups is 1. The molecule has 2 aliphatic rings. The highest BCUT2D eigenvalue weighted by Crippen LogP contribution is 2.24. The van der Waals surface area contributed by atoms with Gasteiger partial charge in [-0.2, -0.15) is 0 Å². The van der Waals surface area contributed by atoms with Gasteiger partial charge in [-0.15, -0.1) is 0 Å². The maximum Gasteiger partial charge on any atom is 0.237 e. The third kappa shape index (κ3) is 3.95. The molecular formula is C16H31N3O. The zero-order valence-electron chi connectivity index (χ0n) is 13.4. The van der Waals surface area contributed by atoms with Crippen LogP contribution in [0.1, 0.15) is 52.4 Å². The highest BCUT2D eigenvalue weighted by Gasteiger charge is 2.29. The minimum Gasteiger partial charge on any atom is -0.336 e. The first kappa shape index (κ1) is 15.8. The van der Waals surface area contributed by atoms with E-state index in [1.54, 1.807) is 0 Å². The molecule has 1 saturated carbocycles. The lowest BCUT2D eigenvalue weighted by molar-refractivity contribution is -0.137. The minimum atomic E-state index is 0.320. The van der Waals surface area contributed by atoms with E-state index in [2.05, 4.69) is 36.0 Å². The molecule has 1 saturated heterocycles. The Kier molecular flexibility index (Phi) is 5.85. The van der Waals surface area contributed by atoms with Crippen molar-refractivity contribution >= 4 is 5.91 Å². The largest absolute Gasteiger partial charge is 0.336 e. The first-order chi connectivity index (χ1) is 9.59. The van der Waals surface area contributed by atoms with Crippen LogP contribution < -0.4 is 5.32 Å². The molecule has 1 unspecified atom stereocenters. The molecule has 1 atom stereocenters. The average molecular weight is 281 g/mol. The molecule has 4 nitrogen and oxygen atoms in total. The van der Waals surface area contributed by atoms with Crippen LogP contribution >= 0.6 is 0 Å². The predicted octanol–water partition coefficient (Wildman–Crippen LogP) is 1.85. The Bertz CT molecular complexity index is 307. The van der Waals surface area contributed by atoms with Crippen LogP contribution in [-0.4, -0.2) is 60.5 Å². The molecular weight excluding hydrogens is 250 g/mol. The predicted molar refractivity (Wildman–Crippen MR) is 82.8 cm³/mol. The van der Waals surface area contributed by atoms with Crippen molar-refractivity contribution in [1.82, 2.24) is 15.1 Å². The Labute approximate surface area is 123 Å². The highest BCUT2D eigenvalue weighted by atomic mass is 16.2. The van der Waals surface area contributed by atoms with Gasteiger partial charge in [-0.05, 0) is 46.7 Å². The van der Waals surface area contributed by atoms with Crippen LogP contribution in [0.4, 0.5) is 0 Å². The van der Waals surface area contributed by atoms with Crippen molar-refractivity contribution in [2.45, 2.75) is 70.5 Å². The van der Waals surface area contributed by atoms with Gasteiger partial charge in [0.05, 0.1) is 6.54 Å². The molecule has 1 aliphatic heterocycles. The number of amides is 1. The maximum atomic E-state index is 12.7. The number of hydrogen-bond acceptors (Lipinski definition) is 3. The third-order valence-corrected chi connectivity index (χ3v) is 4.85. The van der Waals surface area contributed by atoms with E-state index in [1.165, 1.54) is 32.1 Å². The number of hydrogen-bond donors (Lipinski definition) is 1. The van der Waals surface area contributed by atoms with Gasteiger partial charge < -0.3 is 10.2 Å². The lowest BCUT2D eigenvalue weighted by Gasteiger charge is -2.38. The topological polar surface area (TPSA) is 35.6 Å². The average Bonchev–Trinajstić information content (AvgIpc) is 2.93. The Morgan fingerprint density at radius 1 is 1.15 bits per heavy atom. The number of carbonyl (C=O) groups excluding carboxylic acids is 1. The van der Waals surface area contributed by atoms with Gasteiger partial charge in [0.2, 0.25) is 5.91 Å². The zero-order valence-corrected chi connectivity index (χ0v) is 13.4. The van der Waals surface area contributed by atoms with Crippen LogP contribution in [0.5, 0.6) is 0 Å². The number of likely N-dealkylation sites (N-methyl/N-ethyl adjacent to an activating group) is 1. The summed E-state index contributed by atoms with van der Waals surface area (Å²) < 4.78 is 0. The van der Waals surface area contributed by atoms with Crippen LogP contribution in [0.3, 0.4) is 0 Å². The van der Waals surface area contributed by atoms with Gasteiger partial charge in [0.25, 0.3) is 0 Å². The van der Waals surface area contributed by atoms with Crippen LogP contribution in [0, 0.1) is 0 Å². The van der Waals surface area contributed by atoms with E-state index in [9.17, 15) is 4.79 Å².